The van der Waals surface area contributed by atoms with Gasteiger partial charge in [0.2, 0.25) is 0 Å². The molecular weight excluding hydrogens is 400 g/mol. The minimum atomic E-state index is -0.175. The maximum atomic E-state index is 11.6. The summed E-state index contributed by atoms with van der Waals surface area (Å²) in [7, 11) is 1.67. The lowest BCUT2D eigenvalue weighted by Crippen LogP contribution is -2.05. The molecule has 0 unspecified atom stereocenters. The number of ether oxygens (including phenoxy) is 3. The summed E-state index contributed by atoms with van der Waals surface area (Å²) >= 11 is 0. The van der Waals surface area contributed by atoms with E-state index in [9.17, 15) is 4.79 Å². The van der Waals surface area contributed by atoms with Gasteiger partial charge in [0.15, 0.2) is 0 Å². The second-order valence-corrected chi connectivity index (χ2v) is 7.45. The molecule has 0 atom stereocenters. The van der Waals surface area contributed by atoms with E-state index in [4.69, 9.17) is 14.2 Å². The van der Waals surface area contributed by atoms with Gasteiger partial charge in [-0.3, -0.25) is 4.79 Å². The summed E-state index contributed by atoms with van der Waals surface area (Å²) in [6, 6.07) is 28.2. The van der Waals surface area contributed by atoms with Crippen molar-refractivity contribution in [2.75, 3.05) is 13.7 Å². The second-order valence-electron chi connectivity index (χ2n) is 7.45. The van der Waals surface area contributed by atoms with Gasteiger partial charge in [-0.15, -0.1) is 0 Å². The van der Waals surface area contributed by atoms with Crippen molar-refractivity contribution in [2.24, 2.45) is 0 Å². The molecule has 4 aromatic rings. The molecule has 0 bridgehead atoms. The fourth-order valence-corrected chi connectivity index (χ4v) is 3.69. The van der Waals surface area contributed by atoms with E-state index in [0.29, 0.717) is 19.4 Å². The molecule has 0 aliphatic heterocycles. The number of rotatable bonds is 8. The quantitative estimate of drug-likeness (QED) is 0.291. The predicted molar refractivity (Wildman–Crippen MR) is 127 cm³/mol. The van der Waals surface area contributed by atoms with Crippen molar-refractivity contribution < 1.29 is 19.0 Å². The van der Waals surface area contributed by atoms with E-state index in [1.54, 1.807) is 7.11 Å². The molecule has 0 aromatic heterocycles. The van der Waals surface area contributed by atoms with Gasteiger partial charge in [-0.25, -0.2) is 0 Å². The zero-order valence-corrected chi connectivity index (χ0v) is 18.3. The third kappa shape index (κ3) is 4.92. The van der Waals surface area contributed by atoms with E-state index < -0.39 is 0 Å². The van der Waals surface area contributed by atoms with E-state index in [2.05, 4.69) is 30.3 Å². The van der Waals surface area contributed by atoms with Crippen LogP contribution >= 0.6 is 0 Å². The van der Waals surface area contributed by atoms with Crippen LogP contribution in [0.2, 0.25) is 0 Å². The van der Waals surface area contributed by atoms with E-state index in [1.165, 1.54) is 0 Å². The Morgan fingerprint density at radius 3 is 2.44 bits per heavy atom. The topological polar surface area (TPSA) is 44.8 Å². The Labute approximate surface area is 188 Å². The maximum absolute atomic E-state index is 11.6. The van der Waals surface area contributed by atoms with Crippen molar-refractivity contribution in [1.29, 1.82) is 0 Å². The number of carbonyl (C=O) groups is 1. The number of fused-ring (bicyclic) bond motifs is 1. The highest BCUT2D eigenvalue weighted by Crippen LogP contribution is 2.40. The highest BCUT2D eigenvalue weighted by molar-refractivity contribution is 5.95. The highest BCUT2D eigenvalue weighted by atomic mass is 16.5. The lowest BCUT2D eigenvalue weighted by atomic mass is 9.99. The number of methoxy groups -OCH3 is 1. The minimum Gasteiger partial charge on any atom is -0.497 e. The van der Waals surface area contributed by atoms with Crippen LogP contribution in [0.5, 0.6) is 17.2 Å². The summed E-state index contributed by atoms with van der Waals surface area (Å²) in [4.78, 5) is 11.6. The summed E-state index contributed by atoms with van der Waals surface area (Å²) < 4.78 is 16.9. The van der Waals surface area contributed by atoms with E-state index in [1.807, 2.05) is 61.5 Å². The lowest BCUT2D eigenvalue weighted by molar-refractivity contribution is -0.143. The Hall–Kier alpha value is -3.79. The Kier molecular flexibility index (Phi) is 6.71. The maximum Gasteiger partial charge on any atom is 0.306 e. The highest BCUT2D eigenvalue weighted by Gasteiger charge is 2.13. The molecule has 0 saturated carbocycles. The molecular formula is C28H26O4. The largest absolute Gasteiger partial charge is 0.497 e. The van der Waals surface area contributed by atoms with Crippen LogP contribution < -0.4 is 9.47 Å². The summed E-state index contributed by atoms with van der Waals surface area (Å²) in [6.45, 7) is 2.23. The molecule has 0 radical (unpaired) electrons. The zero-order chi connectivity index (χ0) is 22.3. The van der Waals surface area contributed by atoms with Gasteiger partial charge in [0.1, 0.15) is 17.2 Å². The first kappa shape index (κ1) is 21.4. The first-order valence-corrected chi connectivity index (χ1v) is 10.8. The normalized spacial score (nSPS) is 10.7. The molecule has 0 fully saturated rings. The van der Waals surface area contributed by atoms with Crippen LogP contribution in [0.3, 0.4) is 0 Å². The standard InChI is InChI=1S/C28H26O4/c1-3-31-27(29)18-13-20-11-15-23(16-12-20)32-28-25-10-5-4-7-21(25)14-17-26(28)22-8-6-9-24(19-22)30-2/h4-12,14-17,19H,3,13,18H2,1-2H3. The number of hydrogen-bond donors (Lipinski definition) is 0. The molecule has 4 heteroatoms. The van der Waals surface area contributed by atoms with Gasteiger partial charge in [-0.1, -0.05) is 54.6 Å². The second kappa shape index (κ2) is 10.0. The van der Waals surface area contributed by atoms with Crippen LogP contribution in [0, 0.1) is 0 Å². The lowest BCUT2D eigenvalue weighted by Gasteiger charge is -2.15. The van der Waals surface area contributed by atoms with Crippen molar-refractivity contribution in [3.8, 4) is 28.4 Å². The van der Waals surface area contributed by atoms with Crippen LogP contribution in [0.4, 0.5) is 0 Å². The average Bonchev–Trinajstić information content (AvgIpc) is 2.84. The van der Waals surface area contributed by atoms with Crippen LogP contribution in [-0.2, 0) is 16.0 Å². The molecule has 0 heterocycles. The van der Waals surface area contributed by atoms with Gasteiger partial charge in [0, 0.05) is 17.4 Å². The van der Waals surface area contributed by atoms with E-state index in [0.717, 1.165) is 44.7 Å². The monoisotopic (exact) mass is 426 g/mol. The molecule has 32 heavy (non-hydrogen) atoms. The van der Waals surface area contributed by atoms with Crippen molar-refractivity contribution in [3.05, 3.63) is 90.5 Å². The molecule has 0 amide bonds. The fraction of sp³-hybridized carbons (Fsp3) is 0.179. The Balaban J connectivity index is 1.65. The van der Waals surface area contributed by atoms with Crippen molar-refractivity contribution in [1.82, 2.24) is 0 Å². The first-order chi connectivity index (χ1) is 15.7. The van der Waals surface area contributed by atoms with Gasteiger partial charge < -0.3 is 14.2 Å². The van der Waals surface area contributed by atoms with Crippen molar-refractivity contribution in [2.45, 2.75) is 19.8 Å². The number of aryl methyl sites for hydroxylation is 1. The molecule has 162 valence electrons. The van der Waals surface area contributed by atoms with Crippen LogP contribution in [0.15, 0.2) is 84.9 Å². The summed E-state index contributed by atoms with van der Waals surface area (Å²) in [5.74, 6) is 2.17. The minimum absolute atomic E-state index is 0.175. The molecule has 0 spiro atoms. The Bertz CT molecular complexity index is 1210. The summed E-state index contributed by atoms with van der Waals surface area (Å²) in [5, 5.41) is 2.15. The molecule has 0 aliphatic carbocycles. The number of esters is 1. The molecule has 0 saturated heterocycles. The van der Waals surface area contributed by atoms with E-state index in [-0.39, 0.29) is 5.97 Å². The molecule has 4 aromatic carbocycles. The van der Waals surface area contributed by atoms with Gasteiger partial charge in [-0.2, -0.15) is 0 Å². The molecule has 4 rings (SSSR count). The van der Waals surface area contributed by atoms with Gasteiger partial charge >= 0.3 is 5.97 Å². The number of benzene rings is 4. The van der Waals surface area contributed by atoms with E-state index >= 15 is 0 Å². The third-order valence-corrected chi connectivity index (χ3v) is 5.33. The van der Waals surface area contributed by atoms with Gasteiger partial charge in [-0.05, 0) is 60.2 Å². The molecule has 4 nitrogen and oxygen atoms in total. The van der Waals surface area contributed by atoms with Crippen molar-refractivity contribution >= 4 is 16.7 Å². The van der Waals surface area contributed by atoms with Crippen LogP contribution in [-0.4, -0.2) is 19.7 Å². The fourth-order valence-electron chi connectivity index (χ4n) is 3.69. The third-order valence-electron chi connectivity index (χ3n) is 5.33. The Morgan fingerprint density at radius 2 is 1.66 bits per heavy atom. The van der Waals surface area contributed by atoms with Gasteiger partial charge in [0.05, 0.1) is 13.7 Å². The predicted octanol–water partition coefficient (Wildman–Crippen LogP) is 6.80. The smallest absolute Gasteiger partial charge is 0.306 e. The molecule has 0 aliphatic rings. The first-order valence-electron chi connectivity index (χ1n) is 10.8. The number of hydrogen-bond acceptors (Lipinski definition) is 4. The summed E-state index contributed by atoms with van der Waals surface area (Å²) in [5.41, 5.74) is 3.08. The van der Waals surface area contributed by atoms with Crippen LogP contribution in [0.25, 0.3) is 21.9 Å². The molecule has 0 N–H and O–H groups in total. The van der Waals surface area contributed by atoms with Gasteiger partial charge in [0.25, 0.3) is 0 Å². The number of carbonyl (C=O) groups excluding carboxylic acids is 1. The SMILES string of the molecule is CCOC(=O)CCc1ccc(Oc2c(-c3cccc(OC)c3)ccc3ccccc23)cc1. The Morgan fingerprint density at radius 1 is 0.844 bits per heavy atom. The average molecular weight is 427 g/mol. The van der Waals surface area contributed by atoms with Crippen molar-refractivity contribution in [3.63, 3.8) is 0 Å². The zero-order valence-electron chi connectivity index (χ0n) is 18.3. The summed E-state index contributed by atoms with van der Waals surface area (Å²) in [6.07, 6.45) is 1.01. The van der Waals surface area contributed by atoms with Crippen LogP contribution in [0.1, 0.15) is 18.9 Å².